The Labute approximate surface area is 139 Å². The second kappa shape index (κ2) is 7.76. The van der Waals surface area contributed by atoms with Gasteiger partial charge in [-0.05, 0) is 59.1 Å². The molecule has 2 aromatic carbocycles. The van der Waals surface area contributed by atoms with Crippen molar-refractivity contribution in [1.82, 2.24) is 4.72 Å². The molecule has 0 unspecified atom stereocenters. The Morgan fingerprint density at radius 3 is 2.41 bits per heavy atom. The third kappa shape index (κ3) is 4.56. The zero-order valence-electron chi connectivity index (χ0n) is 12.3. The summed E-state index contributed by atoms with van der Waals surface area (Å²) in [5, 5.41) is 0. The molecule has 0 aliphatic heterocycles. The fourth-order valence-electron chi connectivity index (χ4n) is 1.99. The Balaban J connectivity index is 1.94. The van der Waals surface area contributed by atoms with E-state index in [1.165, 1.54) is 0 Å². The summed E-state index contributed by atoms with van der Waals surface area (Å²) in [7, 11) is -3.50. The highest BCUT2D eigenvalue weighted by atomic mass is 79.9. The summed E-state index contributed by atoms with van der Waals surface area (Å²) < 4.78 is 33.0. The number of benzene rings is 2. The van der Waals surface area contributed by atoms with Crippen LogP contribution in [0.5, 0.6) is 5.75 Å². The average Bonchev–Trinajstić information content (AvgIpc) is 2.49. The van der Waals surface area contributed by atoms with E-state index in [1.54, 1.807) is 24.3 Å². The summed E-state index contributed by atoms with van der Waals surface area (Å²) in [6.45, 7) is 2.91. The van der Waals surface area contributed by atoms with Gasteiger partial charge in [0, 0.05) is 11.0 Å². The lowest BCUT2D eigenvalue weighted by molar-refractivity contribution is 0.340. The normalized spacial score (nSPS) is 11.4. The highest BCUT2D eigenvalue weighted by Crippen LogP contribution is 2.20. The Morgan fingerprint density at radius 2 is 1.77 bits per heavy atom. The molecule has 0 spiro atoms. The standard InChI is InChI=1S/C16H18BrNO3S/c1-2-21-14-9-7-13(8-10-14)11-12-18-22(19,20)16-6-4-3-5-15(16)17/h3-10,18H,2,11-12H2,1H3. The van der Waals surface area contributed by atoms with E-state index < -0.39 is 10.0 Å². The summed E-state index contributed by atoms with van der Waals surface area (Å²) in [5.74, 6) is 0.819. The van der Waals surface area contributed by atoms with Crippen LogP contribution in [-0.2, 0) is 16.4 Å². The largest absolute Gasteiger partial charge is 0.494 e. The van der Waals surface area contributed by atoms with Crippen molar-refractivity contribution in [2.45, 2.75) is 18.2 Å². The van der Waals surface area contributed by atoms with E-state index in [2.05, 4.69) is 20.7 Å². The molecule has 118 valence electrons. The van der Waals surface area contributed by atoms with Crippen LogP contribution in [0.1, 0.15) is 12.5 Å². The number of sulfonamides is 1. The molecule has 0 aromatic heterocycles. The molecule has 6 heteroatoms. The van der Waals surface area contributed by atoms with Crippen molar-refractivity contribution < 1.29 is 13.2 Å². The third-order valence-corrected chi connectivity index (χ3v) is 5.54. The number of rotatable bonds is 7. The zero-order valence-corrected chi connectivity index (χ0v) is 14.7. The molecule has 0 amide bonds. The van der Waals surface area contributed by atoms with Crippen molar-refractivity contribution in [3.63, 3.8) is 0 Å². The molecular formula is C16H18BrNO3S. The predicted octanol–water partition coefficient (Wildman–Crippen LogP) is 3.37. The van der Waals surface area contributed by atoms with Crippen LogP contribution >= 0.6 is 15.9 Å². The molecule has 0 atom stereocenters. The molecule has 0 heterocycles. The van der Waals surface area contributed by atoms with Gasteiger partial charge in [0.25, 0.3) is 0 Å². The van der Waals surface area contributed by atoms with Gasteiger partial charge in [0.15, 0.2) is 0 Å². The molecule has 0 aliphatic rings. The van der Waals surface area contributed by atoms with Crippen LogP contribution < -0.4 is 9.46 Å². The van der Waals surface area contributed by atoms with E-state index >= 15 is 0 Å². The number of hydrogen-bond acceptors (Lipinski definition) is 3. The molecule has 0 radical (unpaired) electrons. The van der Waals surface area contributed by atoms with E-state index in [1.807, 2.05) is 31.2 Å². The fraction of sp³-hybridized carbons (Fsp3) is 0.250. The third-order valence-electron chi connectivity index (χ3n) is 3.07. The molecule has 1 N–H and O–H groups in total. The summed E-state index contributed by atoms with van der Waals surface area (Å²) in [4.78, 5) is 0.252. The first-order valence-electron chi connectivity index (χ1n) is 6.99. The molecular weight excluding hydrogens is 366 g/mol. The summed E-state index contributed by atoms with van der Waals surface area (Å²) in [6.07, 6.45) is 0.621. The van der Waals surface area contributed by atoms with Crippen LogP contribution in [0, 0.1) is 0 Å². The second-order valence-corrected chi connectivity index (χ2v) is 7.24. The van der Waals surface area contributed by atoms with Gasteiger partial charge in [-0.15, -0.1) is 0 Å². The SMILES string of the molecule is CCOc1ccc(CCNS(=O)(=O)c2ccccc2Br)cc1. The highest BCUT2D eigenvalue weighted by Gasteiger charge is 2.16. The molecule has 0 saturated heterocycles. The molecule has 0 bridgehead atoms. The summed E-state index contributed by atoms with van der Waals surface area (Å²) in [5.41, 5.74) is 1.05. The minimum Gasteiger partial charge on any atom is -0.494 e. The lowest BCUT2D eigenvalue weighted by Crippen LogP contribution is -2.26. The lowest BCUT2D eigenvalue weighted by atomic mass is 10.1. The lowest BCUT2D eigenvalue weighted by Gasteiger charge is -2.09. The zero-order chi connectivity index (χ0) is 16.0. The molecule has 2 rings (SSSR count). The number of hydrogen-bond donors (Lipinski definition) is 1. The minimum atomic E-state index is -3.50. The smallest absolute Gasteiger partial charge is 0.241 e. The Bertz CT molecular complexity index is 714. The molecule has 22 heavy (non-hydrogen) atoms. The first-order chi connectivity index (χ1) is 10.5. The average molecular weight is 384 g/mol. The van der Waals surface area contributed by atoms with Gasteiger partial charge in [0.05, 0.1) is 11.5 Å². The summed E-state index contributed by atoms with van der Waals surface area (Å²) in [6, 6.07) is 14.4. The van der Waals surface area contributed by atoms with E-state index in [0.717, 1.165) is 11.3 Å². The maximum absolute atomic E-state index is 12.2. The monoisotopic (exact) mass is 383 g/mol. The topological polar surface area (TPSA) is 55.4 Å². The van der Waals surface area contributed by atoms with Crippen LogP contribution in [0.2, 0.25) is 0 Å². The quantitative estimate of drug-likeness (QED) is 0.797. The van der Waals surface area contributed by atoms with E-state index in [4.69, 9.17) is 4.74 Å². The van der Waals surface area contributed by atoms with Crippen LogP contribution in [0.4, 0.5) is 0 Å². The van der Waals surface area contributed by atoms with E-state index in [-0.39, 0.29) is 4.90 Å². The van der Waals surface area contributed by atoms with Gasteiger partial charge in [0.1, 0.15) is 5.75 Å². The van der Waals surface area contributed by atoms with Crippen molar-refractivity contribution in [2.24, 2.45) is 0 Å². The molecule has 0 fully saturated rings. The fourth-order valence-corrected chi connectivity index (χ4v) is 4.02. The van der Waals surface area contributed by atoms with E-state index in [9.17, 15) is 8.42 Å². The highest BCUT2D eigenvalue weighted by molar-refractivity contribution is 9.10. The van der Waals surface area contributed by atoms with Gasteiger partial charge in [-0.3, -0.25) is 0 Å². The maximum Gasteiger partial charge on any atom is 0.241 e. The van der Waals surface area contributed by atoms with Gasteiger partial charge in [-0.1, -0.05) is 24.3 Å². The maximum atomic E-state index is 12.2. The number of ether oxygens (including phenoxy) is 1. The predicted molar refractivity (Wildman–Crippen MR) is 90.6 cm³/mol. The summed E-state index contributed by atoms with van der Waals surface area (Å²) >= 11 is 3.26. The van der Waals surface area contributed by atoms with Gasteiger partial charge < -0.3 is 4.74 Å². The minimum absolute atomic E-state index is 0.252. The van der Waals surface area contributed by atoms with Crippen LogP contribution in [0.15, 0.2) is 57.9 Å². The van der Waals surface area contributed by atoms with Gasteiger partial charge in [-0.2, -0.15) is 0 Å². The molecule has 2 aromatic rings. The van der Waals surface area contributed by atoms with Crippen molar-refractivity contribution in [2.75, 3.05) is 13.2 Å². The Morgan fingerprint density at radius 1 is 1.09 bits per heavy atom. The van der Waals surface area contributed by atoms with Crippen LogP contribution in [0.25, 0.3) is 0 Å². The Hall–Kier alpha value is -1.37. The number of nitrogens with one attached hydrogen (secondary N) is 1. The van der Waals surface area contributed by atoms with Crippen molar-refractivity contribution in [1.29, 1.82) is 0 Å². The van der Waals surface area contributed by atoms with Crippen LogP contribution in [0.3, 0.4) is 0 Å². The van der Waals surface area contributed by atoms with Crippen molar-refractivity contribution in [3.8, 4) is 5.75 Å². The van der Waals surface area contributed by atoms with Gasteiger partial charge >= 0.3 is 0 Å². The van der Waals surface area contributed by atoms with E-state index in [0.29, 0.717) is 24.0 Å². The van der Waals surface area contributed by atoms with Gasteiger partial charge in [0.2, 0.25) is 10.0 Å². The second-order valence-electron chi connectivity index (χ2n) is 4.66. The Kier molecular flexibility index (Phi) is 5.99. The first kappa shape index (κ1) is 17.0. The van der Waals surface area contributed by atoms with Crippen molar-refractivity contribution in [3.05, 3.63) is 58.6 Å². The van der Waals surface area contributed by atoms with Crippen molar-refractivity contribution >= 4 is 26.0 Å². The molecule has 0 saturated carbocycles. The van der Waals surface area contributed by atoms with Crippen LogP contribution in [-0.4, -0.2) is 21.6 Å². The van der Waals surface area contributed by atoms with Gasteiger partial charge in [-0.25, -0.2) is 13.1 Å². The molecule has 4 nitrogen and oxygen atoms in total. The number of halogens is 1. The molecule has 0 aliphatic carbocycles. The first-order valence-corrected chi connectivity index (χ1v) is 9.26.